The van der Waals surface area contributed by atoms with E-state index in [0.717, 1.165) is 4.90 Å². The summed E-state index contributed by atoms with van der Waals surface area (Å²) >= 11 is 6.37. The number of carbonyl (C=O) groups excluding carboxylic acids is 2. The lowest BCUT2D eigenvalue weighted by Crippen LogP contribution is -2.45. The van der Waals surface area contributed by atoms with Crippen molar-refractivity contribution in [2.45, 2.75) is 19.8 Å². The van der Waals surface area contributed by atoms with Gasteiger partial charge < -0.3 is 14.9 Å². The van der Waals surface area contributed by atoms with Crippen molar-refractivity contribution in [2.75, 3.05) is 19.8 Å². The first-order chi connectivity index (χ1) is 17.1. The van der Waals surface area contributed by atoms with Gasteiger partial charge in [0.05, 0.1) is 42.2 Å². The van der Waals surface area contributed by atoms with Crippen molar-refractivity contribution < 1.29 is 34.1 Å². The van der Waals surface area contributed by atoms with Gasteiger partial charge in [-0.05, 0) is 37.6 Å². The van der Waals surface area contributed by atoms with Crippen molar-refractivity contribution in [3.8, 4) is 0 Å². The second-order valence-corrected chi connectivity index (χ2v) is 9.09. The van der Waals surface area contributed by atoms with Gasteiger partial charge in [0.1, 0.15) is 5.41 Å². The minimum Gasteiger partial charge on any atom is -0.481 e. The largest absolute Gasteiger partial charge is 0.481 e. The number of nitrogens with zero attached hydrogens (tertiary/aromatic N) is 2. The Hall–Kier alpha value is -3.82. The third-order valence-electron chi connectivity index (χ3n) is 6.70. The molecule has 2 amide bonds. The van der Waals surface area contributed by atoms with Crippen molar-refractivity contribution in [1.29, 1.82) is 0 Å². The van der Waals surface area contributed by atoms with E-state index in [0.29, 0.717) is 16.7 Å². The van der Waals surface area contributed by atoms with Crippen LogP contribution in [0.1, 0.15) is 46.0 Å². The molecule has 2 unspecified atom stereocenters. The Bertz CT molecular complexity index is 1310. The molecule has 2 aliphatic heterocycles. The van der Waals surface area contributed by atoms with Gasteiger partial charge in [-0.2, -0.15) is 0 Å². The number of halogens is 1. The van der Waals surface area contributed by atoms with E-state index in [9.17, 15) is 29.4 Å². The number of hydrogen-bond donors (Lipinski definition) is 2. The third-order valence-corrected chi connectivity index (χ3v) is 7.04. The van der Waals surface area contributed by atoms with E-state index in [-0.39, 0.29) is 41.8 Å². The molecule has 0 aromatic heterocycles. The molecule has 0 fully saturated rings. The van der Waals surface area contributed by atoms with Crippen LogP contribution in [0.4, 0.5) is 0 Å². The molecule has 2 heterocycles. The molecule has 2 aromatic carbocycles. The number of carboxylic acids is 2. The van der Waals surface area contributed by atoms with E-state index < -0.39 is 35.1 Å². The van der Waals surface area contributed by atoms with Crippen LogP contribution in [0, 0.1) is 5.41 Å². The van der Waals surface area contributed by atoms with Crippen molar-refractivity contribution in [2.24, 2.45) is 10.4 Å². The van der Waals surface area contributed by atoms with Crippen molar-refractivity contribution in [3.63, 3.8) is 0 Å². The maximum atomic E-state index is 12.5. The van der Waals surface area contributed by atoms with Crippen molar-refractivity contribution >= 4 is 41.1 Å². The molecule has 2 atom stereocenters. The summed E-state index contributed by atoms with van der Waals surface area (Å²) in [5, 5.41) is 20.4. The van der Waals surface area contributed by atoms with Gasteiger partial charge in [-0.25, -0.2) is 4.79 Å². The summed E-state index contributed by atoms with van der Waals surface area (Å²) in [5.41, 5.74) is -0.668. The number of aliphatic imine (C=N–C) groups is 1. The SMILES string of the molecule is CC1=NC(COCCN2C(=O)c3ccccc3C2=O)=C(C(=O)O)C(c2ccccc2Cl)C1(C)C(=O)O. The zero-order valence-electron chi connectivity index (χ0n) is 19.5. The second-order valence-electron chi connectivity index (χ2n) is 8.68. The Morgan fingerprint density at radius 2 is 1.64 bits per heavy atom. The van der Waals surface area contributed by atoms with Gasteiger partial charge in [0, 0.05) is 16.7 Å². The Balaban J connectivity index is 1.59. The minimum absolute atomic E-state index is 0.0362. The van der Waals surface area contributed by atoms with Crippen molar-refractivity contribution in [1.82, 2.24) is 4.90 Å². The number of amides is 2. The van der Waals surface area contributed by atoms with Gasteiger partial charge in [0.25, 0.3) is 11.8 Å². The molecule has 2 aliphatic rings. The first-order valence-corrected chi connectivity index (χ1v) is 11.5. The number of aliphatic carboxylic acids is 2. The fourth-order valence-electron chi connectivity index (χ4n) is 4.62. The zero-order chi connectivity index (χ0) is 26.2. The molecule has 0 aliphatic carbocycles. The number of rotatable bonds is 8. The van der Waals surface area contributed by atoms with Crippen LogP contribution < -0.4 is 0 Å². The molecule has 0 saturated heterocycles. The Labute approximate surface area is 211 Å². The summed E-state index contributed by atoms with van der Waals surface area (Å²) in [4.78, 5) is 55.2. The van der Waals surface area contributed by atoms with E-state index in [4.69, 9.17) is 16.3 Å². The lowest BCUT2D eigenvalue weighted by atomic mass is 9.65. The van der Waals surface area contributed by atoms with Crippen LogP contribution in [0.25, 0.3) is 0 Å². The molecule has 0 spiro atoms. The smallest absolute Gasteiger partial charge is 0.334 e. The molecule has 9 nitrogen and oxygen atoms in total. The molecule has 0 radical (unpaired) electrons. The first kappa shape index (κ1) is 25.3. The number of benzene rings is 2. The Morgan fingerprint density at radius 3 is 2.19 bits per heavy atom. The molecule has 10 heteroatoms. The molecular weight excluding hydrogens is 488 g/mol. The summed E-state index contributed by atoms with van der Waals surface area (Å²) in [7, 11) is 0. The van der Waals surface area contributed by atoms with Gasteiger partial charge in [0.2, 0.25) is 0 Å². The van der Waals surface area contributed by atoms with E-state index in [1.165, 1.54) is 13.8 Å². The highest BCUT2D eigenvalue weighted by molar-refractivity contribution is 6.31. The first-order valence-electron chi connectivity index (χ1n) is 11.1. The maximum Gasteiger partial charge on any atom is 0.334 e. The van der Waals surface area contributed by atoms with Gasteiger partial charge in [0.15, 0.2) is 0 Å². The fourth-order valence-corrected chi connectivity index (χ4v) is 4.87. The van der Waals surface area contributed by atoms with Crippen LogP contribution in [0.2, 0.25) is 5.02 Å². The average Bonchev–Trinajstić information content (AvgIpc) is 3.08. The van der Waals surface area contributed by atoms with E-state index in [1.54, 1.807) is 48.5 Å². The van der Waals surface area contributed by atoms with E-state index in [1.807, 2.05) is 0 Å². The van der Waals surface area contributed by atoms with Crippen LogP contribution >= 0.6 is 11.6 Å². The molecule has 4 rings (SSSR count). The van der Waals surface area contributed by atoms with Gasteiger partial charge in [-0.1, -0.05) is 41.9 Å². The zero-order valence-corrected chi connectivity index (χ0v) is 20.3. The Kier molecular flexibility index (Phi) is 6.79. The number of hydrogen-bond acceptors (Lipinski definition) is 6. The highest BCUT2D eigenvalue weighted by Gasteiger charge is 2.52. The molecule has 0 bridgehead atoms. The van der Waals surface area contributed by atoms with Crippen LogP contribution in [-0.2, 0) is 14.3 Å². The monoisotopic (exact) mass is 510 g/mol. The average molecular weight is 511 g/mol. The van der Waals surface area contributed by atoms with E-state index in [2.05, 4.69) is 4.99 Å². The van der Waals surface area contributed by atoms with Crippen LogP contribution in [0.5, 0.6) is 0 Å². The molecule has 2 N–H and O–H groups in total. The highest BCUT2D eigenvalue weighted by atomic mass is 35.5. The van der Waals surface area contributed by atoms with Gasteiger partial charge >= 0.3 is 11.9 Å². The van der Waals surface area contributed by atoms with Crippen LogP contribution in [0.15, 0.2) is 64.8 Å². The van der Waals surface area contributed by atoms with E-state index >= 15 is 0 Å². The van der Waals surface area contributed by atoms with Gasteiger partial charge in [-0.3, -0.25) is 24.3 Å². The standard InChI is InChI=1S/C26H23ClN2O7/c1-14-26(2,25(34)35)21(17-9-5-6-10-18(17)27)20(24(32)33)19(28-14)13-36-12-11-29-22(30)15-7-3-4-8-16(15)23(29)31/h3-10,21H,11-13H2,1-2H3,(H,32,33)(H,34,35). The maximum absolute atomic E-state index is 12.5. The quantitative estimate of drug-likeness (QED) is 0.409. The lowest BCUT2D eigenvalue weighted by molar-refractivity contribution is -0.145. The molecule has 2 aromatic rings. The summed E-state index contributed by atoms with van der Waals surface area (Å²) in [6.07, 6.45) is 0. The number of carboxylic acid groups (broad SMARTS) is 2. The number of carbonyl (C=O) groups is 4. The highest BCUT2D eigenvalue weighted by Crippen LogP contribution is 2.49. The summed E-state index contributed by atoms with van der Waals surface area (Å²) in [5.74, 6) is -4.56. The topological polar surface area (TPSA) is 134 Å². The number of fused-ring (bicyclic) bond motifs is 1. The molecule has 36 heavy (non-hydrogen) atoms. The van der Waals surface area contributed by atoms with Crippen LogP contribution in [-0.4, -0.2) is 64.3 Å². The minimum atomic E-state index is -1.66. The third kappa shape index (κ3) is 4.10. The summed E-state index contributed by atoms with van der Waals surface area (Å²) in [6.45, 7) is 2.58. The normalized spacial score (nSPS) is 21.5. The Morgan fingerprint density at radius 1 is 1.06 bits per heavy atom. The number of imide groups is 1. The predicted molar refractivity (Wildman–Crippen MR) is 130 cm³/mol. The molecule has 0 saturated carbocycles. The second kappa shape index (κ2) is 9.67. The molecular formula is C26H23ClN2O7. The van der Waals surface area contributed by atoms with Crippen LogP contribution in [0.3, 0.4) is 0 Å². The summed E-state index contributed by atoms with van der Waals surface area (Å²) < 4.78 is 5.65. The van der Waals surface area contributed by atoms with Crippen molar-refractivity contribution in [3.05, 3.63) is 81.5 Å². The predicted octanol–water partition coefficient (Wildman–Crippen LogP) is 3.64. The molecule has 186 valence electrons. The number of ether oxygens (including phenoxy) is 1. The fraction of sp³-hybridized carbons (Fsp3) is 0.269. The lowest BCUT2D eigenvalue weighted by Gasteiger charge is -2.38. The summed E-state index contributed by atoms with van der Waals surface area (Å²) in [6, 6.07) is 13.0. The van der Waals surface area contributed by atoms with Gasteiger partial charge in [-0.15, -0.1) is 0 Å².